The molecular formula is C27H36N4O2. The Labute approximate surface area is 197 Å². The van der Waals surface area contributed by atoms with Gasteiger partial charge in [-0.2, -0.15) is 0 Å². The van der Waals surface area contributed by atoms with Crippen LogP contribution in [0.3, 0.4) is 0 Å². The number of hydrogen-bond donors (Lipinski definition) is 1. The molecule has 2 heterocycles. The van der Waals surface area contributed by atoms with Crippen molar-refractivity contribution in [1.82, 2.24) is 10.2 Å². The maximum Gasteiger partial charge on any atom is 0.251 e. The Morgan fingerprint density at radius 1 is 0.970 bits per heavy atom. The van der Waals surface area contributed by atoms with Crippen molar-refractivity contribution in [2.24, 2.45) is 0 Å². The number of morpholine rings is 1. The van der Waals surface area contributed by atoms with Gasteiger partial charge in [0, 0.05) is 62.2 Å². The van der Waals surface area contributed by atoms with Gasteiger partial charge in [0.15, 0.2) is 0 Å². The molecular weight excluding hydrogens is 412 g/mol. The maximum atomic E-state index is 13.0. The number of aryl methyl sites for hydroxylation is 1. The van der Waals surface area contributed by atoms with Gasteiger partial charge in [0.1, 0.15) is 0 Å². The van der Waals surface area contributed by atoms with Crippen LogP contribution in [0.1, 0.15) is 33.5 Å². The molecule has 5 rings (SSSR count). The second-order valence-corrected chi connectivity index (χ2v) is 9.77. The van der Waals surface area contributed by atoms with Gasteiger partial charge in [-0.15, -0.1) is 0 Å². The number of likely N-dealkylation sites (N-methyl/N-ethyl adjacent to an activating group) is 1. The topological polar surface area (TPSA) is 48.0 Å². The SMILES string of the molecule is Cc1cc2c(c(N3CCN(C)CC3)c1)CC[C@@H](NC(=O)c1ccc(N3CCOCC3)cc1)C2. The molecule has 1 N–H and O–H groups in total. The Bertz CT molecular complexity index is 976. The first kappa shape index (κ1) is 22.2. The fraction of sp³-hybridized carbons (Fsp3) is 0.519. The number of rotatable bonds is 4. The second kappa shape index (κ2) is 9.74. The normalized spacial score (nSPS) is 21.6. The first-order chi connectivity index (χ1) is 16.1. The van der Waals surface area contributed by atoms with E-state index < -0.39 is 0 Å². The third-order valence-corrected chi connectivity index (χ3v) is 7.36. The summed E-state index contributed by atoms with van der Waals surface area (Å²) >= 11 is 0. The number of carbonyl (C=O) groups is 1. The van der Waals surface area contributed by atoms with E-state index in [0.29, 0.717) is 0 Å². The standard InChI is InChI=1S/C27H36N4O2/c1-20-17-22-19-23(5-8-25(22)26(18-20)31-11-9-29(2)10-12-31)28-27(32)21-3-6-24(7-4-21)30-13-15-33-16-14-30/h3-4,6-7,17-18,23H,5,8-16,19H2,1-2H3,(H,28,32)/t23-/m1/s1. The van der Waals surface area contributed by atoms with Crippen LogP contribution in [-0.4, -0.2) is 76.4 Å². The highest BCUT2D eigenvalue weighted by Crippen LogP contribution is 2.33. The quantitative estimate of drug-likeness (QED) is 0.780. The monoisotopic (exact) mass is 448 g/mol. The van der Waals surface area contributed by atoms with E-state index in [2.05, 4.69) is 58.3 Å². The van der Waals surface area contributed by atoms with E-state index in [4.69, 9.17) is 4.74 Å². The lowest BCUT2D eigenvalue weighted by Crippen LogP contribution is -2.45. The number of benzene rings is 2. The number of anilines is 2. The molecule has 176 valence electrons. The van der Waals surface area contributed by atoms with Crippen molar-refractivity contribution in [2.75, 3.05) is 69.3 Å². The number of amides is 1. The molecule has 2 saturated heterocycles. The van der Waals surface area contributed by atoms with Crippen molar-refractivity contribution in [1.29, 1.82) is 0 Å². The zero-order chi connectivity index (χ0) is 22.8. The van der Waals surface area contributed by atoms with Crippen LogP contribution in [0, 0.1) is 6.92 Å². The average molecular weight is 449 g/mol. The average Bonchev–Trinajstić information content (AvgIpc) is 2.84. The van der Waals surface area contributed by atoms with E-state index in [1.807, 2.05) is 12.1 Å². The van der Waals surface area contributed by atoms with Gasteiger partial charge in [-0.1, -0.05) is 6.07 Å². The fourth-order valence-corrected chi connectivity index (χ4v) is 5.39. The molecule has 0 bridgehead atoms. The van der Waals surface area contributed by atoms with E-state index in [-0.39, 0.29) is 11.9 Å². The molecule has 0 spiro atoms. The summed E-state index contributed by atoms with van der Waals surface area (Å²) in [6.07, 6.45) is 2.93. The number of fused-ring (bicyclic) bond motifs is 1. The van der Waals surface area contributed by atoms with E-state index in [9.17, 15) is 4.79 Å². The van der Waals surface area contributed by atoms with Gasteiger partial charge >= 0.3 is 0 Å². The minimum absolute atomic E-state index is 0.0314. The molecule has 6 heteroatoms. The molecule has 2 fully saturated rings. The van der Waals surface area contributed by atoms with Crippen LogP contribution in [0.15, 0.2) is 36.4 Å². The fourth-order valence-electron chi connectivity index (χ4n) is 5.39. The van der Waals surface area contributed by atoms with Crippen LogP contribution >= 0.6 is 0 Å². The van der Waals surface area contributed by atoms with Crippen LogP contribution < -0.4 is 15.1 Å². The molecule has 3 aliphatic rings. The van der Waals surface area contributed by atoms with Gasteiger partial charge in [0.25, 0.3) is 5.91 Å². The lowest BCUT2D eigenvalue weighted by Gasteiger charge is -2.37. The molecule has 1 amide bonds. The maximum absolute atomic E-state index is 13.0. The van der Waals surface area contributed by atoms with E-state index in [1.165, 1.54) is 22.4 Å². The molecule has 1 atom stereocenters. The molecule has 2 aliphatic heterocycles. The number of nitrogens with one attached hydrogen (secondary N) is 1. The van der Waals surface area contributed by atoms with Crippen LogP contribution in [0.4, 0.5) is 11.4 Å². The van der Waals surface area contributed by atoms with Crippen LogP contribution in [0.5, 0.6) is 0 Å². The lowest BCUT2D eigenvalue weighted by atomic mass is 9.85. The first-order valence-electron chi connectivity index (χ1n) is 12.4. The summed E-state index contributed by atoms with van der Waals surface area (Å²) in [5, 5.41) is 3.31. The minimum Gasteiger partial charge on any atom is -0.378 e. The van der Waals surface area contributed by atoms with Gasteiger partial charge in [0.2, 0.25) is 0 Å². The number of ether oxygens (including phenoxy) is 1. The van der Waals surface area contributed by atoms with E-state index >= 15 is 0 Å². The summed E-state index contributed by atoms with van der Waals surface area (Å²) in [5.74, 6) is 0.0314. The second-order valence-electron chi connectivity index (χ2n) is 9.77. The first-order valence-corrected chi connectivity index (χ1v) is 12.4. The van der Waals surface area contributed by atoms with Crippen molar-refractivity contribution in [3.63, 3.8) is 0 Å². The van der Waals surface area contributed by atoms with Gasteiger partial charge in [-0.25, -0.2) is 0 Å². The van der Waals surface area contributed by atoms with Crippen LogP contribution in [-0.2, 0) is 17.6 Å². The summed E-state index contributed by atoms with van der Waals surface area (Å²) in [7, 11) is 2.20. The predicted octanol–water partition coefficient (Wildman–Crippen LogP) is 2.87. The molecule has 33 heavy (non-hydrogen) atoms. The molecule has 0 aromatic heterocycles. The molecule has 2 aromatic carbocycles. The Kier molecular flexibility index (Phi) is 6.56. The molecule has 6 nitrogen and oxygen atoms in total. The van der Waals surface area contributed by atoms with Crippen molar-refractivity contribution in [3.8, 4) is 0 Å². The third-order valence-electron chi connectivity index (χ3n) is 7.36. The van der Waals surface area contributed by atoms with Crippen LogP contribution in [0.25, 0.3) is 0 Å². The number of piperazine rings is 1. The smallest absolute Gasteiger partial charge is 0.251 e. The Morgan fingerprint density at radius 3 is 2.42 bits per heavy atom. The molecule has 0 radical (unpaired) electrons. The van der Waals surface area contributed by atoms with E-state index in [1.54, 1.807) is 0 Å². The third kappa shape index (κ3) is 5.02. The molecule has 0 saturated carbocycles. The molecule has 1 aliphatic carbocycles. The summed E-state index contributed by atoms with van der Waals surface area (Å²) in [4.78, 5) is 20.2. The zero-order valence-electron chi connectivity index (χ0n) is 20.0. The van der Waals surface area contributed by atoms with Crippen molar-refractivity contribution in [2.45, 2.75) is 32.2 Å². The van der Waals surface area contributed by atoms with Gasteiger partial charge in [-0.05, 0) is 80.3 Å². The highest BCUT2D eigenvalue weighted by Gasteiger charge is 2.26. The summed E-state index contributed by atoms with van der Waals surface area (Å²) < 4.78 is 5.44. The van der Waals surface area contributed by atoms with Crippen molar-refractivity contribution >= 4 is 17.3 Å². The van der Waals surface area contributed by atoms with Gasteiger partial charge < -0.3 is 24.8 Å². The minimum atomic E-state index is 0.0314. The van der Waals surface area contributed by atoms with E-state index in [0.717, 1.165) is 83.0 Å². The zero-order valence-corrected chi connectivity index (χ0v) is 20.0. The number of hydrogen-bond acceptors (Lipinski definition) is 5. The predicted molar refractivity (Wildman–Crippen MR) is 134 cm³/mol. The lowest BCUT2D eigenvalue weighted by molar-refractivity contribution is 0.0933. The van der Waals surface area contributed by atoms with Gasteiger partial charge in [-0.3, -0.25) is 4.79 Å². The highest BCUT2D eigenvalue weighted by molar-refractivity contribution is 5.94. The highest BCUT2D eigenvalue weighted by atomic mass is 16.5. The Hall–Kier alpha value is -2.57. The number of carbonyl (C=O) groups excluding carboxylic acids is 1. The Morgan fingerprint density at radius 2 is 1.70 bits per heavy atom. The summed E-state index contributed by atoms with van der Waals surface area (Å²) in [6, 6.07) is 12.9. The van der Waals surface area contributed by atoms with Crippen molar-refractivity contribution in [3.05, 3.63) is 58.7 Å². The summed E-state index contributed by atoms with van der Waals surface area (Å²) in [5.41, 5.74) is 7.53. The van der Waals surface area contributed by atoms with Crippen molar-refractivity contribution < 1.29 is 9.53 Å². The summed E-state index contributed by atoms with van der Waals surface area (Å²) in [6.45, 7) is 9.95. The largest absolute Gasteiger partial charge is 0.378 e. The Balaban J connectivity index is 1.24. The van der Waals surface area contributed by atoms with Gasteiger partial charge in [0.05, 0.1) is 13.2 Å². The number of nitrogens with zero attached hydrogens (tertiary/aromatic N) is 3. The molecule has 2 aromatic rings. The van der Waals surface area contributed by atoms with Crippen LogP contribution in [0.2, 0.25) is 0 Å². The molecule has 0 unspecified atom stereocenters.